The van der Waals surface area contributed by atoms with E-state index in [1.54, 1.807) is 20.3 Å². The largest absolute Gasteiger partial charge is 0.367 e. The molecule has 1 heterocycles. The maximum absolute atomic E-state index is 11.9. The van der Waals surface area contributed by atoms with Gasteiger partial charge in [-0.05, 0) is 25.0 Å². The molecule has 1 saturated carbocycles. The Morgan fingerprint density at radius 2 is 2.22 bits per heavy atom. The van der Waals surface area contributed by atoms with E-state index in [0.717, 1.165) is 12.2 Å². The fraction of sp³-hybridized carbons (Fsp3) is 0.538. The van der Waals surface area contributed by atoms with Crippen molar-refractivity contribution in [2.45, 2.75) is 18.9 Å². The number of hydrogen-bond donors (Lipinski definition) is 1. The van der Waals surface area contributed by atoms with E-state index in [9.17, 15) is 4.79 Å². The molecule has 18 heavy (non-hydrogen) atoms. The summed E-state index contributed by atoms with van der Waals surface area (Å²) in [5, 5.41) is 0. The van der Waals surface area contributed by atoms with Crippen molar-refractivity contribution in [1.29, 1.82) is 0 Å². The molecule has 1 fully saturated rings. The number of carbonyl (C=O) groups is 1. The lowest BCUT2D eigenvalue weighted by molar-refractivity contribution is 0.0822. The highest BCUT2D eigenvalue weighted by Gasteiger charge is 2.29. The number of nitrogens with zero attached hydrogens (tertiary/aromatic N) is 3. The normalized spacial score (nSPS) is 14.4. The number of aromatic nitrogens is 1. The van der Waals surface area contributed by atoms with Gasteiger partial charge in [0, 0.05) is 45.1 Å². The molecule has 1 aromatic rings. The second-order valence-corrected chi connectivity index (χ2v) is 4.81. The van der Waals surface area contributed by atoms with Gasteiger partial charge in [-0.25, -0.2) is 0 Å². The van der Waals surface area contributed by atoms with Crippen molar-refractivity contribution < 1.29 is 4.79 Å². The number of rotatable bonds is 5. The van der Waals surface area contributed by atoms with Gasteiger partial charge in [-0.2, -0.15) is 0 Å². The SMILES string of the molecule is CN(C)C(=O)c1cc(N(CCN)C2CC2)ccn1. The predicted octanol–water partition coefficient (Wildman–Crippen LogP) is 0.711. The Bertz CT molecular complexity index is 429. The van der Waals surface area contributed by atoms with Crippen LogP contribution < -0.4 is 10.6 Å². The fourth-order valence-electron chi connectivity index (χ4n) is 1.99. The molecule has 2 rings (SSSR count). The maximum Gasteiger partial charge on any atom is 0.272 e. The summed E-state index contributed by atoms with van der Waals surface area (Å²) in [7, 11) is 3.46. The number of anilines is 1. The molecule has 1 amide bonds. The number of carbonyl (C=O) groups excluding carboxylic acids is 1. The van der Waals surface area contributed by atoms with Crippen LogP contribution in [0.15, 0.2) is 18.3 Å². The Morgan fingerprint density at radius 3 is 2.78 bits per heavy atom. The first-order valence-electron chi connectivity index (χ1n) is 6.28. The predicted molar refractivity (Wildman–Crippen MR) is 71.7 cm³/mol. The van der Waals surface area contributed by atoms with Crippen LogP contribution in [0, 0.1) is 0 Å². The van der Waals surface area contributed by atoms with E-state index in [2.05, 4.69) is 9.88 Å². The zero-order chi connectivity index (χ0) is 13.1. The van der Waals surface area contributed by atoms with Crippen LogP contribution >= 0.6 is 0 Å². The molecule has 0 unspecified atom stereocenters. The minimum atomic E-state index is -0.0691. The van der Waals surface area contributed by atoms with Crippen LogP contribution in [0.3, 0.4) is 0 Å². The number of nitrogens with two attached hydrogens (primary N) is 1. The minimum absolute atomic E-state index is 0.0691. The van der Waals surface area contributed by atoms with Crippen molar-refractivity contribution in [3.63, 3.8) is 0 Å². The Balaban J connectivity index is 2.22. The average molecular weight is 248 g/mol. The first-order valence-corrected chi connectivity index (χ1v) is 6.28. The molecule has 0 aromatic carbocycles. The molecular weight excluding hydrogens is 228 g/mol. The summed E-state index contributed by atoms with van der Waals surface area (Å²) in [6, 6.07) is 4.38. The van der Waals surface area contributed by atoms with E-state index in [1.807, 2.05) is 12.1 Å². The van der Waals surface area contributed by atoms with Crippen molar-refractivity contribution in [3.8, 4) is 0 Å². The van der Waals surface area contributed by atoms with Crippen molar-refractivity contribution >= 4 is 11.6 Å². The van der Waals surface area contributed by atoms with Crippen LogP contribution in [0.25, 0.3) is 0 Å². The van der Waals surface area contributed by atoms with E-state index >= 15 is 0 Å². The maximum atomic E-state index is 11.9. The summed E-state index contributed by atoms with van der Waals surface area (Å²) in [6.07, 6.45) is 4.11. The molecule has 2 N–H and O–H groups in total. The highest BCUT2D eigenvalue weighted by molar-refractivity contribution is 5.92. The standard InChI is InChI=1S/C13H20N4O/c1-16(2)13(18)12-9-11(5-7-15-12)17(8-6-14)10-3-4-10/h5,7,9-10H,3-4,6,8,14H2,1-2H3. The molecule has 5 nitrogen and oxygen atoms in total. The average Bonchev–Trinajstić information content (AvgIpc) is 3.19. The molecule has 0 spiro atoms. The second-order valence-electron chi connectivity index (χ2n) is 4.81. The molecule has 0 saturated heterocycles. The monoisotopic (exact) mass is 248 g/mol. The number of hydrogen-bond acceptors (Lipinski definition) is 4. The summed E-state index contributed by atoms with van der Waals surface area (Å²) in [6.45, 7) is 1.44. The molecule has 0 radical (unpaired) electrons. The lowest BCUT2D eigenvalue weighted by Crippen LogP contribution is -2.32. The van der Waals surface area contributed by atoms with Gasteiger partial charge in [0.1, 0.15) is 5.69 Å². The topological polar surface area (TPSA) is 62.5 Å². The number of pyridine rings is 1. The van der Waals surface area contributed by atoms with Crippen molar-refractivity contribution in [3.05, 3.63) is 24.0 Å². The summed E-state index contributed by atoms with van der Waals surface area (Å²) in [5.74, 6) is -0.0691. The van der Waals surface area contributed by atoms with E-state index < -0.39 is 0 Å². The first-order chi connectivity index (χ1) is 8.63. The zero-order valence-corrected chi connectivity index (χ0v) is 11.0. The lowest BCUT2D eigenvalue weighted by atomic mass is 10.2. The summed E-state index contributed by atoms with van der Waals surface area (Å²) >= 11 is 0. The quantitative estimate of drug-likeness (QED) is 0.833. The molecule has 1 aliphatic carbocycles. The fourth-order valence-corrected chi connectivity index (χ4v) is 1.99. The Kier molecular flexibility index (Phi) is 3.81. The van der Waals surface area contributed by atoms with E-state index in [4.69, 9.17) is 5.73 Å². The highest BCUT2D eigenvalue weighted by Crippen LogP contribution is 2.31. The van der Waals surface area contributed by atoms with Gasteiger partial charge in [-0.3, -0.25) is 9.78 Å². The van der Waals surface area contributed by atoms with E-state index in [-0.39, 0.29) is 5.91 Å². The third-order valence-corrected chi connectivity index (χ3v) is 3.06. The summed E-state index contributed by atoms with van der Waals surface area (Å²) < 4.78 is 0. The van der Waals surface area contributed by atoms with Crippen molar-refractivity contribution in [2.75, 3.05) is 32.1 Å². The third-order valence-electron chi connectivity index (χ3n) is 3.06. The van der Waals surface area contributed by atoms with Gasteiger partial charge in [0.25, 0.3) is 5.91 Å². The van der Waals surface area contributed by atoms with E-state index in [0.29, 0.717) is 18.3 Å². The molecule has 1 aliphatic rings. The van der Waals surface area contributed by atoms with Gasteiger partial charge in [-0.15, -0.1) is 0 Å². The van der Waals surface area contributed by atoms with Crippen LogP contribution in [0.5, 0.6) is 0 Å². The van der Waals surface area contributed by atoms with Gasteiger partial charge in [0.2, 0.25) is 0 Å². The van der Waals surface area contributed by atoms with Crippen LogP contribution in [0.4, 0.5) is 5.69 Å². The van der Waals surface area contributed by atoms with Gasteiger partial charge < -0.3 is 15.5 Å². The number of amides is 1. The highest BCUT2D eigenvalue weighted by atomic mass is 16.2. The van der Waals surface area contributed by atoms with Crippen molar-refractivity contribution in [1.82, 2.24) is 9.88 Å². The molecule has 0 aliphatic heterocycles. The molecule has 0 bridgehead atoms. The Morgan fingerprint density at radius 1 is 1.50 bits per heavy atom. The summed E-state index contributed by atoms with van der Waals surface area (Å²) in [5.41, 5.74) is 7.18. The third kappa shape index (κ3) is 2.79. The smallest absolute Gasteiger partial charge is 0.272 e. The molecule has 5 heteroatoms. The first kappa shape index (κ1) is 12.8. The van der Waals surface area contributed by atoms with Crippen LogP contribution in [0.1, 0.15) is 23.3 Å². The van der Waals surface area contributed by atoms with Crippen LogP contribution in [-0.4, -0.2) is 49.0 Å². The Labute approximate surface area is 108 Å². The van der Waals surface area contributed by atoms with Gasteiger partial charge in [0.15, 0.2) is 0 Å². The van der Waals surface area contributed by atoms with E-state index in [1.165, 1.54) is 17.7 Å². The molecule has 98 valence electrons. The van der Waals surface area contributed by atoms with Gasteiger partial charge in [0.05, 0.1) is 0 Å². The Hall–Kier alpha value is -1.62. The molecule has 0 atom stereocenters. The van der Waals surface area contributed by atoms with Gasteiger partial charge >= 0.3 is 0 Å². The summed E-state index contributed by atoms with van der Waals surface area (Å²) in [4.78, 5) is 19.8. The molecular formula is C13H20N4O. The van der Waals surface area contributed by atoms with Crippen LogP contribution in [0.2, 0.25) is 0 Å². The minimum Gasteiger partial charge on any atom is -0.367 e. The van der Waals surface area contributed by atoms with Crippen LogP contribution in [-0.2, 0) is 0 Å². The van der Waals surface area contributed by atoms with Gasteiger partial charge in [-0.1, -0.05) is 0 Å². The van der Waals surface area contributed by atoms with Crippen molar-refractivity contribution in [2.24, 2.45) is 5.73 Å². The lowest BCUT2D eigenvalue weighted by Gasteiger charge is -2.24. The zero-order valence-electron chi connectivity index (χ0n) is 11.0. The second kappa shape index (κ2) is 5.35. The molecule has 1 aromatic heterocycles.